The van der Waals surface area contributed by atoms with Crippen LogP contribution in [0, 0.1) is 6.92 Å². The van der Waals surface area contributed by atoms with Gasteiger partial charge in [-0.1, -0.05) is 78.9 Å². The average Bonchev–Trinajstić information content (AvgIpc) is 3.24. The molecular formula is C29H20N2O. The molecule has 3 heteroatoms. The van der Waals surface area contributed by atoms with E-state index in [2.05, 4.69) is 61.5 Å². The predicted molar refractivity (Wildman–Crippen MR) is 130 cm³/mol. The molecule has 32 heavy (non-hydrogen) atoms. The van der Waals surface area contributed by atoms with Gasteiger partial charge in [0.25, 0.3) is 0 Å². The second kappa shape index (κ2) is 7.47. The summed E-state index contributed by atoms with van der Waals surface area (Å²) >= 11 is 0. The molecule has 6 aromatic rings. The molecule has 0 aliphatic carbocycles. The van der Waals surface area contributed by atoms with Gasteiger partial charge < -0.3 is 4.42 Å². The first-order valence-electron chi connectivity index (χ1n) is 10.7. The van der Waals surface area contributed by atoms with Gasteiger partial charge in [-0.2, -0.15) is 0 Å². The first kappa shape index (κ1) is 18.5. The van der Waals surface area contributed by atoms with E-state index < -0.39 is 0 Å². The van der Waals surface area contributed by atoms with Crippen LogP contribution >= 0.6 is 0 Å². The van der Waals surface area contributed by atoms with Crippen molar-refractivity contribution in [3.05, 3.63) is 109 Å². The molecule has 0 fully saturated rings. The van der Waals surface area contributed by atoms with Gasteiger partial charge in [-0.25, -0.2) is 9.97 Å². The largest absolute Gasteiger partial charge is 0.456 e. The van der Waals surface area contributed by atoms with Crippen LogP contribution in [0.2, 0.25) is 0 Å². The van der Waals surface area contributed by atoms with E-state index in [1.165, 1.54) is 0 Å². The van der Waals surface area contributed by atoms with Gasteiger partial charge >= 0.3 is 0 Å². The number of benzene rings is 4. The van der Waals surface area contributed by atoms with Crippen molar-refractivity contribution in [1.82, 2.24) is 9.97 Å². The molecule has 0 bridgehead atoms. The van der Waals surface area contributed by atoms with Gasteiger partial charge in [0.2, 0.25) is 0 Å². The van der Waals surface area contributed by atoms with Crippen LogP contribution in [0.1, 0.15) is 5.56 Å². The Bertz CT molecular complexity index is 1510. The van der Waals surface area contributed by atoms with E-state index >= 15 is 0 Å². The molecule has 2 aromatic heterocycles. The van der Waals surface area contributed by atoms with Crippen molar-refractivity contribution < 1.29 is 4.42 Å². The Morgan fingerprint density at radius 2 is 1.22 bits per heavy atom. The lowest BCUT2D eigenvalue weighted by Crippen LogP contribution is -1.95. The normalized spacial score (nSPS) is 11.3. The Balaban J connectivity index is 1.58. The number of hydrogen-bond donors (Lipinski definition) is 0. The SMILES string of the molecule is Cc1cccc2c1oc1ccc(-c3nc(-c4ccccc4)cc(-c4ccccc4)n3)cc12. The first-order valence-corrected chi connectivity index (χ1v) is 10.7. The molecule has 0 atom stereocenters. The molecule has 6 rings (SSSR count). The maximum Gasteiger partial charge on any atom is 0.160 e. The summed E-state index contributed by atoms with van der Waals surface area (Å²) in [6.45, 7) is 2.07. The molecule has 4 aromatic carbocycles. The van der Waals surface area contributed by atoms with Gasteiger partial charge in [0, 0.05) is 27.5 Å². The predicted octanol–water partition coefficient (Wildman–Crippen LogP) is 7.69. The third-order valence-corrected chi connectivity index (χ3v) is 5.82. The van der Waals surface area contributed by atoms with Crippen LogP contribution in [0.4, 0.5) is 0 Å². The minimum absolute atomic E-state index is 0.703. The minimum atomic E-state index is 0.703. The summed E-state index contributed by atoms with van der Waals surface area (Å²) in [6.07, 6.45) is 0. The second-order valence-electron chi connectivity index (χ2n) is 7.96. The zero-order valence-electron chi connectivity index (χ0n) is 17.6. The van der Waals surface area contributed by atoms with Gasteiger partial charge in [0.15, 0.2) is 5.82 Å². The number of hydrogen-bond acceptors (Lipinski definition) is 3. The Morgan fingerprint density at radius 1 is 0.562 bits per heavy atom. The third kappa shape index (κ3) is 3.15. The van der Waals surface area contributed by atoms with E-state index in [0.717, 1.165) is 55.6 Å². The van der Waals surface area contributed by atoms with Crippen molar-refractivity contribution in [2.24, 2.45) is 0 Å². The van der Waals surface area contributed by atoms with Crippen LogP contribution in [0.5, 0.6) is 0 Å². The highest BCUT2D eigenvalue weighted by Gasteiger charge is 2.14. The topological polar surface area (TPSA) is 38.9 Å². The number of para-hydroxylation sites is 1. The molecule has 152 valence electrons. The molecule has 0 unspecified atom stereocenters. The van der Waals surface area contributed by atoms with E-state index in [1.807, 2.05) is 48.5 Å². The highest BCUT2D eigenvalue weighted by molar-refractivity contribution is 6.07. The molecular weight excluding hydrogens is 392 g/mol. The second-order valence-corrected chi connectivity index (χ2v) is 7.96. The zero-order chi connectivity index (χ0) is 21.5. The summed E-state index contributed by atoms with van der Waals surface area (Å²) in [6, 6.07) is 35.0. The maximum absolute atomic E-state index is 6.12. The monoisotopic (exact) mass is 412 g/mol. The van der Waals surface area contributed by atoms with Crippen LogP contribution in [0.25, 0.3) is 55.8 Å². The van der Waals surface area contributed by atoms with Crippen LogP contribution in [-0.2, 0) is 0 Å². The van der Waals surface area contributed by atoms with Crippen molar-refractivity contribution >= 4 is 21.9 Å². The number of furan rings is 1. The van der Waals surface area contributed by atoms with Crippen molar-refractivity contribution in [2.75, 3.05) is 0 Å². The lowest BCUT2D eigenvalue weighted by Gasteiger charge is -2.09. The molecule has 0 saturated carbocycles. The first-order chi connectivity index (χ1) is 15.8. The summed E-state index contributed by atoms with van der Waals surface area (Å²) < 4.78 is 6.12. The smallest absolute Gasteiger partial charge is 0.160 e. The molecule has 3 nitrogen and oxygen atoms in total. The molecule has 0 N–H and O–H groups in total. The lowest BCUT2D eigenvalue weighted by molar-refractivity contribution is 0.666. The van der Waals surface area contributed by atoms with E-state index in [9.17, 15) is 0 Å². The zero-order valence-corrected chi connectivity index (χ0v) is 17.6. The summed E-state index contributed by atoms with van der Waals surface area (Å²) in [5, 5.41) is 2.19. The average molecular weight is 412 g/mol. The fourth-order valence-corrected chi connectivity index (χ4v) is 4.17. The Hall–Kier alpha value is -4.24. The Labute approximate surface area is 186 Å². The molecule has 0 radical (unpaired) electrons. The molecule has 2 heterocycles. The Kier molecular flexibility index (Phi) is 4.32. The van der Waals surface area contributed by atoms with Crippen molar-refractivity contribution in [3.63, 3.8) is 0 Å². The van der Waals surface area contributed by atoms with Crippen LogP contribution in [0.15, 0.2) is 108 Å². The highest BCUT2D eigenvalue weighted by atomic mass is 16.3. The summed E-state index contributed by atoms with van der Waals surface area (Å²) in [5.74, 6) is 0.703. The number of aromatic nitrogens is 2. The van der Waals surface area contributed by atoms with Crippen LogP contribution < -0.4 is 0 Å². The number of nitrogens with zero attached hydrogens (tertiary/aromatic N) is 2. The highest BCUT2D eigenvalue weighted by Crippen LogP contribution is 2.34. The van der Waals surface area contributed by atoms with E-state index in [0.29, 0.717) is 5.82 Å². The van der Waals surface area contributed by atoms with Gasteiger partial charge in [0.05, 0.1) is 11.4 Å². The van der Waals surface area contributed by atoms with Crippen LogP contribution in [0.3, 0.4) is 0 Å². The minimum Gasteiger partial charge on any atom is -0.456 e. The van der Waals surface area contributed by atoms with E-state index in [4.69, 9.17) is 14.4 Å². The maximum atomic E-state index is 6.12. The van der Waals surface area contributed by atoms with E-state index in [-0.39, 0.29) is 0 Å². The molecule has 0 aliphatic rings. The standard InChI is InChI=1S/C29H20N2O/c1-19-9-8-14-23-24-17-22(15-16-27(24)32-28(19)23)29-30-25(20-10-4-2-5-11-20)18-26(31-29)21-12-6-3-7-13-21/h2-18H,1H3. The molecule has 0 aliphatic heterocycles. The summed E-state index contributed by atoms with van der Waals surface area (Å²) in [4.78, 5) is 9.89. The van der Waals surface area contributed by atoms with Crippen molar-refractivity contribution in [2.45, 2.75) is 6.92 Å². The summed E-state index contributed by atoms with van der Waals surface area (Å²) in [7, 11) is 0. The fraction of sp³-hybridized carbons (Fsp3) is 0.0345. The van der Waals surface area contributed by atoms with Gasteiger partial charge in [0.1, 0.15) is 11.2 Å². The lowest BCUT2D eigenvalue weighted by atomic mass is 10.1. The molecule has 0 saturated heterocycles. The van der Waals surface area contributed by atoms with Crippen molar-refractivity contribution in [1.29, 1.82) is 0 Å². The fourth-order valence-electron chi connectivity index (χ4n) is 4.17. The third-order valence-electron chi connectivity index (χ3n) is 5.82. The number of aryl methyl sites for hydroxylation is 1. The van der Waals surface area contributed by atoms with Gasteiger partial charge in [-0.15, -0.1) is 0 Å². The molecule has 0 spiro atoms. The Morgan fingerprint density at radius 3 is 1.88 bits per heavy atom. The quantitative estimate of drug-likeness (QED) is 0.299. The summed E-state index contributed by atoms with van der Waals surface area (Å²) in [5.41, 5.74) is 7.86. The van der Waals surface area contributed by atoms with Crippen LogP contribution in [-0.4, -0.2) is 9.97 Å². The number of fused-ring (bicyclic) bond motifs is 3. The number of rotatable bonds is 3. The molecule has 0 amide bonds. The van der Waals surface area contributed by atoms with Gasteiger partial charge in [-0.3, -0.25) is 0 Å². The van der Waals surface area contributed by atoms with Crippen molar-refractivity contribution in [3.8, 4) is 33.9 Å². The van der Waals surface area contributed by atoms with E-state index in [1.54, 1.807) is 0 Å². The van der Waals surface area contributed by atoms with Gasteiger partial charge in [-0.05, 0) is 36.8 Å².